The first-order valence-electron chi connectivity index (χ1n) is 9.59. The van der Waals surface area contributed by atoms with Gasteiger partial charge in [-0.1, -0.05) is 52.0 Å². The van der Waals surface area contributed by atoms with E-state index in [0.717, 1.165) is 28.9 Å². The Kier molecular flexibility index (Phi) is 5.18. The molecule has 144 valence electrons. The maximum absolute atomic E-state index is 11.4. The molecule has 0 spiro atoms. The number of carbonyl (C=O) groups excluding carboxylic acids is 1. The third-order valence-corrected chi connectivity index (χ3v) is 5.30. The molecule has 2 aromatic carbocycles. The zero-order valence-corrected chi connectivity index (χ0v) is 16.8. The number of benzene rings is 2. The van der Waals surface area contributed by atoms with E-state index in [1.807, 2.05) is 13.0 Å². The van der Waals surface area contributed by atoms with Crippen LogP contribution >= 0.6 is 0 Å². The molecule has 1 amide bonds. The van der Waals surface area contributed by atoms with Crippen molar-refractivity contribution in [3.63, 3.8) is 0 Å². The summed E-state index contributed by atoms with van der Waals surface area (Å²) in [5.74, 6) is 1.31. The summed E-state index contributed by atoms with van der Waals surface area (Å²) in [4.78, 5) is 11.4. The largest absolute Gasteiger partial charge is 0.493 e. The topological polar surface area (TPSA) is 61.6 Å². The van der Waals surface area contributed by atoms with Crippen LogP contribution in [0.5, 0.6) is 5.75 Å². The Morgan fingerprint density at radius 3 is 2.44 bits per heavy atom. The van der Waals surface area contributed by atoms with Crippen LogP contribution in [0.3, 0.4) is 0 Å². The quantitative estimate of drug-likeness (QED) is 0.749. The predicted octanol–water partition coefficient (Wildman–Crippen LogP) is 5.59. The number of fused-ring (bicyclic) bond motifs is 1. The van der Waals surface area contributed by atoms with Crippen molar-refractivity contribution >= 4 is 6.09 Å². The molecule has 0 heterocycles. The number of amides is 1. The van der Waals surface area contributed by atoms with Gasteiger partial charge < -0.3 is 15.2 Å². The van der Waals surface area contributed by atoms with Gasteiger partial charge >= 0.3 is 6.09 Å². The van der Waals surface area contributed by atoms with Crippen molar-refractivity contribution < 1.29 is 14.3 Å². The fourth-order valence-electron chi connectivity index (χ4n) is 3.93. The number of carbonyl (C=O) groups is 1. The first-order chi connectivity index (χ1) is 12.7. The zero-order chi connectivity index (χ0) is 19.8. The van der Waals surface area contributed by atoms with Crippen LogP contribution in [-0.4, -0.2) is 12.7 Å². The van der Waals surface area contributed by atoms with Gasteiger partial charge in [-0.15, -0.1) is 0 Å². The molecule has 1 atom stereocenters. The minimum absolute atomic E-state index is 0.207. The van der Waals surface area contributed by atoms with E-state index in [1.54, 1.807) is 0 Å². The summed E-state index contributed by atoms with van der Waals surface area (Å²) in [5, 5.41) is 0. The highest BCUT2D eigenvalue weighted by molar-refractivity contribution is 5.73. The molecule has 0 aliphatic heterocycles. The van der Waals surface area contributed by atoms with E-state index >= 15 is 0 Å². The highest BCUT2D eigenvalue weighted by atomic mass is 16.6. The fraction of sp³-hybridized carbons (Fsp3) is 0.435. The molecule has 0 saturated heterocycles. The lowest BCUT2D eigenvalue weighted by molar-refractivity contribution is 0.0391. The molecule has 1 aliphatic rings. The average molecular weight is 367 g/mol. The number of hydrogen-bond donors (Lipinski definition) is 1. The molecule has 0 unspecified atom stereocenters. The maximum Gasteiger partial charge on any atom is 0.405 e. The third kappa shape index (κ3) is 3.80. The van der Waals surface area contributed by atoms with Crippen LogP contribution in [0, 0.1) is 5.41 Å². The highest BCUT2D eigenvalue weighted by Crippen LogP contribution is 2.50. The summed E-state index contributed by atoms with van der Waals surface area (Å²) in [6, 6.07) is 12.8. The minimum atomic E-state index is -0.743. The van der Waals surface area contributed by atoms with Crippen molar-refractivity contribution in [1.82, 2.24) is 0 Å². The predicted molar refractivity (Wildman–Crippen MR) is 108 cm³/mol. The Bertz CT molecular complexity index is 837. The SMILES string of the molecule is CCOc1cc2c(cc1-c1ccc(C(C)C)cc1)CC(C)(C)[C@H]2OC(N)=O. The van der Waals surface area contributed by atoms with Gasteiger partial charge in [-0.05, 0) is 53.6 Å². The lowest BCUT2D eigenvalue weighted by Gasteiger charge is -2.26. The van der Waals surface area contributed by atoms with Crippen LogP contribution in [0.2, 0.25) is 0 Å². The number of nitrogens with two attached hydrogens (primary N) is 1. The van der Waals surface area contributed by atoms with E-state index in [4.69, 9.17) is 15.2 Å². The summed E-state index contributed by atoms with van der Waals surface area (Å²) in [7, 11) is 0. The van der Waals surface area contributed by atoms with Gasteiger partial charge in [0.15, 0.2) is 0 Å². The average Bonchev–Trinajstić information content (AvgIpc) is 2.84. The van der Waals surface area contributed by atoms with Gasteiger partial charge in [-0.25, -0.2) is 4.79 Å². The molecule has 1 aliphatic carbocycles. The second-order valence-electron chi connectivity index (χ2n) is 8.24. The number of rotatable bonds is 5. The van der Waals surface area contributed by atoms with Gasteiger partial charge in [0, 0.05) is 11.0 Å². The molecule has 4 heteroatoms. The monoisotopic (exact) mass is 367 g/mol. The molecular weight excluding hydrogens is 338 g/mol. The van der Waals surface area contributed by atoms with Crippen molar-refractivity contribution in [3.8, 4) is 16.9 Å². The molecule has 2 N–H and O–H groups in total. The van der Waals surface area contributed by atoms with Crippen molar-refractivity contribution in [2.24, 2.45) is 11.1 Å². The Labute approximate surface area is 161 Å². The molecule has 0 bridgehead atoms. The smallest absolute Gasteiger partial charge is 0.405 e. The molecule has 2 aromatic rings. The molecule has 4 nitrogen and oxygen atoms in total. The van der Waals surface area contributed by atoms with Gasteiger partial charge in [0.1, 0.15) is 11.9 Å². The lowest BCUT2D eigenvalue weighted by atomic mass is 9.87. The van der Waals surface area contributed by atoms with E-state index in [2.05, 4.69) is 58.0 Å². The second-order valence-corrected chi connectivity index (χ2v) is 8.24. The minimum Gasteiger partial charge on any atom is -0.493 e. The summed E-state index contributed by atoms with van der Waals surface area (Å²) in [5.41, 5.74) is 10.8. The first kappa shape index (κ1) is 19.3. The molecule has 0 radical (unpaired) electrons. The Hall–Kier alpha value is -2.49. The summed E-state index contributed by atoms with van der Waals surface area (Å²) in [6.45, 7) is 11.1. The van der Waals surface area contributed by atoms with Crippen molar-refractivity contribution in [2.75, 3.05) is 6.61 Å². The fourth-order valence-corrected chi connectivity index (χ4v) is 3.93. The van der Waals surface area contributed by atoms with Crippen molar-refractivity contribution in [2.45, 2.75) is 53.1 Å². The molecule has 3 rings (SSSR count). The third-order valence-electron chi connectivity index (χ3n) is 5.30. The van der Waals surface area contributed by atoms with E-state index in [9.17, 15) is 4.79 Å². The molecule has 27 heavy (non-hydrogen) atoms. The van der Waals surface area contributed by atoms with Gasteiger partial charge in [-0.3, -0.25) is 0 Å². The second kappa shape index (κ2) is 7.26. The molecule has 0 saturated carbocycles. The van der Waals surface area contributed by atoms with E-state index in [1.165, 1.54) is 11.1 Å². The van der Waals surface area contributed by atoms with Crippen LogP contribution in [0.4, 0.5) is 4.79 Å². The molecule has 0 aromatic heterocycles. The molecular formula is C23H29NO3. The lowest BCUT2D eigenvalue weighted by Crippen LogP contribution is -2.25. The maximum atomic E-state index is 11.4. The van der Waals surface area contributed by atoms with Gasteiger partial charge in [0.2, 0.25) is 0 Å². The zero-order valence-electron chi connectivity index (χ0n) is 16.8. The van der Waals surface area contributed by atoms with Crippen molar-refractivity contribution in [3.05, 3.63) is 53.1 Å². The Balaban J connectivity index is 2.08. The van der Waals surface area contributed by atoms with Crippen LogP contribution in [0.15, 0.2) is 36.4 Å². The standard InChI is InChI=1S/C23H29NO3/c1-6-26-20-12-19-17(13-23(4,5)21(19)27-22(24)25)11-18(20)16-9-7-15(8-10-16)14(2)3/h7-12,14,21H,6,13H2,1-5H3,(H2,24,25)/t21-/m0/s1. The summed E-state index contributed by atoms with van der Waals surface area (Å²) < 4.78 is 11.4. The van der Waals surface area contributed by atoms with E-state index < -0.39 is 6.09 Å². The number of primary amides is 1. The van der Waals surface area contributed by atoms with Gasteiger partial charge in [0.25, 0.3) is 0 Å². The van der Waals surface area contributed by atoms with Crippen LogP contribution in [-0.2, 0) is 11.2 Å². The number of ether oxygens (including phenoxy) is 2. The summed E-state index contributed by atoms with van der Waals surface area (Å²) in [6.07, 6.45) is -0.280. The normalized spacial score (nSPS) is 17.6. The van der Waals surface area contributed by atoms with Gasteiger partial charge in [-0.2, -0.15) is 0 Å². The van der Waals surface area contributed by atoms with Crippen molar-refractivity contribution in [1.29, 1.82) is 0 Å². The van der Waals surface area contributed by atoms with E-state index in [-0.39, 0.29) is 11.5 Å². The first-order valence-corrected chi connectivity index (χ1v) is 9.59. The molecule has 0 fully saturated rings. The summed E-state index contributed by atoms with van der Waals surface area (Å²) >= 11 is 0. The Morgan fingerprint density at radius 1 is 1.22 bits per heavy atom. The Morgan fingerprint density at radius 2 is 1.89 bits per heavy atom. The van der Waals surface area contributed by atoms with E-state index in [0.29, 0.717) is 12.5 Å². The van der Waals surface area contributed by atoms with Gasteiger partial charge in [0.05, 0.1) is 6.61 Å². The van der Waals surface area contributed by atoms with Crippen LogP contribution in [0.1, 0.15) is 63.3 Å². The van der Waals surface area contributed by atoms with Crippen LogP contribution < -0.4 is 10.5 Å². The van der Waals surface area contributed by atoms with Crippen LogP contribution in [0.25, 0.3) is 11.1 Å². The highest BCUT2D eigenvalue weighted by Gasteiger charge is 2.42. The number of hydrogen-bond acceptors (Lipinski definition) is 3.